The summed E-state index contributed by atoms with van der Waals surface area (Å²) >= 11 is 0. The van der Waals surface area contributed by atoms with E-state index in [9.17, 15) is 24.0 Å². The van der Waals surface area contributed by atoms with Gasteiger partial charge in [-0.3, -0.25) is 24.0 Å². The van der Waals surface area contributed by atoms with Gasteiger partial charge < -0.3 is 22.8 Å². The number of rotatable bonds is 17. The van der Waals surface area contributed by atoms with E-state index in [2.05, 4.69) is 170 Å². The maximum absolute atomic E-state index is 13.6. The summed E-state index contributed by atoms with van der Waals surface area (Å²) in [4.78, 5) is 67.3. The largest absolute Gasteiger partial charge is 0.347 e. The Bertz CT molecular complexity index is 7540. The zero-order chi connectivity index (χ0) is 86.6. The molecule has 0 spiro atoms. The minimum Gasteiger partial charge on any atom is -0.347 e. The molecule has 0 aliphatic heterocycles. The van der Waals surface area contributed by atoms with E-state index in [-0.39, 0.29) is 28.9 Å². The highest BCUT2D eigenvalue weighted by Crippen LogP contribution is 2.38. The van der Waals surface area contributed by atoms with Crippen molar-refractivity contribution in [2.75, 3.05) is 0 Å². The molecule has 0 unspecified atom stereocenters. The van der Waals surface area contributed by atoms with Crippen LogP contribution in [0.3, 0.4) is 0 Å². The minimum absolute atomic E-state index is 0.0977. The molecule has 5 heterocycles. The van der Waals surface area contributed by atoms with Gasteiger partial charge in [0, 0.05) is 150 Å². The summed E-state index contributed by atoms with van der Waals surface area (Å²) in [5, 5.41) is 15.9. The molecule has 10 nitrogen and oxygen atoms in total. The lowest BCUT2D eigenvalue weighted by Crippen LogP contribution is -2.06. The van der Waals surface area contributed by atoms with Crippen LogP contribution in [-0.4, -0.2) is 51.8 Å². The highest BCUT2D eigenvalue weighted by Gasteiger charge is 2.28. The van der Waals surface area contributed by atoms with Gasteiger partial charge in [-0.15, -0.1) is 0 Å². The van der Waals surface area contributed by atoms with Crippen LogP contribution in [0.25, 0.3) is 108 Å². The van der Waals surface area contributed by atoms with E-state index < -0.39 is 0 Å². The molecule has 0 saturated carbocycles. The van der Waals surface area contributed by atoms with Crippen molar-refractivity contribution in [1.82, 2.24) is 22.8 Å². The molecule has 0 radical (unpaired) electrons. The molecule has 0 N–H and O–H groups in total. The predicted molar refractivity (Wildman–Crippen MR) is 517 cm³/mol. The maximum atomic E-state index is 13.6. The van der Waals surface area contributed by atoms with Gasteiger partial charge in [-0.05, 0) is 176 Å². The molecule has 10 heteroatoms. The number of aromatic nitrogens is 5. The van der Waals surface area contributed by atoms with E-state index in [0.717, 1.165) is 232 Å². The Morgan fingerprint density at radius 1 is 0.226 bits per heavy atom. The fourth-order valence-electron chi connectivity index (χ4n) is 18.7. The summed E-state index contributed by atoms with van der Waals surface area (Å²) in [6, 6.07) is 105. The lowest BCUT2D eigenvalue weighted by atomic mass is 9.93. The number of ketones is 5. The Balaban J connectivity index is 0.000000115. The summed E-state index contributed by atoms with van der Waals surface area (Å²) in [7, 11) is 2.02. The van der Waals surface area contributed by atoms with Crippen LogP contribution in [-0.2, 0) is 33.2 Å². The number of benzene rings is 15. The van der Waals surface area contributed by atoms with Crippen molar-refractivity contribution in [2.24, 2.45) is 7.05 Å². The van der Waals surface area contributed by atoms with E-state index in [1.54, 1.807) is 0 Å². The lowest BCUT2D eigenvalue weighted by Gasteiger charge is -2.10. The third kappa shape index (κ3) is 15.4. The molecular weight excluding hydrogens is 1520 g/mol. The van der Waals surface area contributed by atoms with Crippen LogP contribution in [0.4, 0.5) is 0 Å². The average molecular weight is 1620 g/mol. The van der Waals surface area contributed by atoms with Crippen molar-refractivity contribution in [1.29, 1.82) is 0 Å². The third-order valence-corrected chi connectivity index (χ3v) is 24.9. The second-order valence-corrected chi connectivity index (χ2v) is 32.4. The SMILES string of the molecule is CCCn1c(C)c(C(=O)c2ccc(C)c3ccccc23)c2ccccc21.CCCn1c(C)c(C(=O)c2cccc3ccccc23)c2ccccc21.CCCn1cc(C(=O)c2ccc(C)c3ccccc23)c2ccccc21.CCn1c(C)c(C(=O)c2cccc3ccccc23)c2ccccc21.Cc1ccc(C(=O)c2c(C)n(C)c3ccccc23)c2ccccc12. The number of aryl methyl sites for hydroxylation is 8. The molecular formula is C114H103N5O5. The molecule has 0 amide bonds. The van der Waals surface area contributed by atoms with E-state index in [1.807, 2.05) is 258 Å². The first-order valence-corrected chi connectivity index (χ1v) is 43.4. The van der Waals surface area contributed by atoms with Crippen molar-refractivity contribution in [3.8, 4) is 0 Å². The van der Waals surface area contributed by atoms with Gasteiger partial charge in [-0.1, -0.05) is 306 Å². The van der Waals surface area contributed by atoms with Crippen molar-refractivity contribution < 1.29 is 24.0 Å². The molecule has 0 aliphatic rings. The summed E-state index contributed by atoms with van der Waals surface area (Å²) in [5.41, 5.74) is 21.4. The van der Waals surface area contributed by atoms with Crippen LogP contribution < -0.4 is 0 Å². The average Bonchev–Trinajstić information content (AvgIpc) is 1.66. The van der Waals surface area contributed by atoms with Crippen LogP contribution >= 0.6 is 0 Å². The summed E-state index contributed by atoms with van der Waals surface area (Å²) in [5.74, 6) is 0.528. The molecule has 0 aliphatic carbocycles. The maximum Gasteiger partial charge on any atom is 0.196 e. The first-order chi connectivity index (χ1) is 60.4. The molecule has 15 aromatic carbocycles. The smallest absolute Gasteiger partial charge is 0.196 e. The lowest BCUT2D eigenvalue weighted by molar-refractivity contribution is 0.103. The molecule has 614 valence electrons. The van der Waals surface area contributed by atoms with Crippen LogP contribution in [0.15, 0.2) is 322 Å². The summed E-state index contributed by atoms with van der Waals surface area (Å²) in [6.07, 6.45) is 5.15. The zero-order valence-electron chi connectivity index (χ0n) is 72.8. The number of para-hydroxylation sites is 5. The molecule has 0 fully saturated rings. The van der Waals surface area contributed by atoms with Crippen molar-refractivity contribution >= 4 is 137 Å². The van der Waals surface area contributed by atoms with Gasteiger partial charge in [0.1, 0.15) is 0 Å². The first kappa shape index (κ1) is 83.3. The monoisotopic (exact) mass is 1620 g/mol. The minimum atomic E-state index is 0.0977. The Morgan fingerprint density at radius 2 is 0.500 bits per heavy atom. The Kier molecular flexibility index (Phi) is 24.3. The predicted octanol–water partition coefficient (Wildman–Crippen LogP) is 28.1. The van der Waals surface area contributed by atoms with Gasteiger partial charge in [-0.25, -0.2) is 0 Å². The van der Waals surface area contributed by atoms with Gasteiger partial charge in [0.15, 0.2) is 28.9 Å². The van der Waals surface area contributed by atoms with Crippen LogP contribution in [0, 0.1) is 48.5 Å². The molecule has 0 atom stereocenters. The Morgan fingerprint density at radius 3 is 0.879 bits per heavy atom. The zero-order valence-corrected chi connectivity index (χ0v) is 72.8. The molecule has 0 bridgehead atoms. The third-order valence-electron chi connectivity index (χ3n) is 24.9. The standard InChI is InChI=1S/C24H23NO.2C23H21NO.2C22H19NO/c1-4-15-25-17(3)23(21-11-7-8-12-22(21)25)24(26)20-14-13-16(2)18-9-5-6-10-19(18)20;1-3-15-24-16(2)22(20-12-6-7-14-21(20)24)23(25)19-13-8-10-17-9-4-5-11-18(17)19;1-3-14-24-15-21(19-10-6-7-11-22(19)24)23(25)20-13-12-16(2)17-8-4-5-9-18(17)20;1-14-12-13-18(17-9-5-4-8-16(14)17)22(24)21-15(2)23(3)20-11-7-6-10-19(20)21;1-3-23-15(2)21(19-12-6-7-14-20(19)23)22(24)18-13-8-10-16-9-4-5-11-17(16)18/h5-14H,4,15H2,1-3H3;4-14H,3,15H2,1-2H3;4-13,15H,3,14H2,1-2H3;4-13H,1-3H3;4-14H,3H2,1-2H3. The van der Waals surface area contributed by atoms with Crippen molar-refractivity contribution in [3.05, 3.63) is 417 Å². The topological polar surface area (TPSA) is 110 Å². The second kappa shape index (κ2) is 36.1. The Hall–Kier alpha value is -14.4. The van der Waals surface area contributed by atoms with Crippen LogP contribution in [0.2, 0.25) is 0 Å². The number of fused-ring (bicyclic) bond motifs is 10. The number of hydrogen-bond acceptors (Lipinski definition) is 5. The fraction of sp³-hybridized carbons (Fsp3) is 0.167. The summed E-state index contributed by atoms with van der Waals surface area (Å²) < 4.78 is 11.1. The van der Waals surface area contributed by atoms with Gasteiger partial charge >= 0.3 is 0 Å². The Labute approximate surface area is 724 Å². The highest BCUT2D eigenvalue weighted by atomic mass is 16.1. The van der Waals surface area contributed by atoms with E-state index in [4.69, 9.17) is 0 Å². The van der Waals surface area contributed by atoms with Crippen LogP contribution in [0.5, 0.6) is 0 Å². The quantitative estimate of drug-likeness (QED) is 0.0844. The van der Waals surface area contributed by atoms with Crippen molar-refractivity contribution in [3.63, 3.8) is 0 Å². The van der Waals surface area contributed by atoms with Crippen LogP contribution in [0.1, 0.15) is 166 Å². The van der Waals surface area contributed by atoms with E-state index >= 15 is 0 Å². The molecule has 20 aromatic rings. The normalized spacial score (nSPS) is 11.3. The number of nitrogens with zero attached hydrogens (tertiary/aromatic N) is 5. The molecule has 20 rings (SSSR count). The van der Waals surface area contributed by atoms with E-state index in [1.165, 1.54) is 16.7 Å². The van der Waals surface area contributed by atoms with Gasteiger partial charge in [0.25, 0.3) is 0 Å². The van der Waals surface area contributed by atoms with Gasteiger partial charge in [0.2, 0.25) is 0 Å². The second-order valence-electron chi connectivity index (χ2n) is 32.4. The van der Waals surface area contributed by atoms with Gasteiger partial charge in [-0.2, -0.15) is 0 Å². The summed E-state index contributed by atoms with van der Waals surface area (Å²) in [6.45, 7) is 26.7. The van der Waals surface area contributed by atoms with Crippen molar-refractivity contribution in [2.45, 2.75) is 122 Å². The van der Waals surface area contributed by atoms with E-state index in [0.29, 0.717) is 0 Å². The van der Waals surface area contributed by atoms with Gasteiger partial charge in [0.05, 0.1) is 22.3 Å². The highest BCUT2D eigenvalue weighted by molar-refractivity contribution is 6.26. The number of carbonyl (C=O) groups is 5. The molecule has 5 aromatic heterocycles. The first-order valence-electron chi connectivity index (χ1n) is 43.4. The molecule has 0 saturated heterocycles. The number of hydrogen-bond donors (Lipinski definition) is 0. The fourth-order valence-corrected chi connectivity index (χ4v) is 18.7. The molecule has 124 heavy (non-hydrogen) atoms. The number of carbonyl (C=O) groups excluding carboxylic acids is 5.